The summed E-state index contributed by atoms with van der Waals surface area (Å²) < 4.78 is 27.9. The van der Waals surface area contributed by atoms with Gasteiger partial charge in [-0.3, -0.25) is 0 Å². The Kier molecular flexibility index (Phi) is 9.58. The summed E-state index contributed by atoms with van der Waals surface area (Å²) in [6.45, 7) is 23.8. The van der Waals surface area contributed by atoms with Gasteiger partial charge < -0.3 is 15.7 Å². The Labute approximate surface area is 308 Å². The molecule has 0 unspecified atom stereocenters. The van der Waals surface area contributed by atoms with Gasteiger partial charge in [0, 0.05) is 39.3 Å². The molecule has 3 N–H and O–H groups in total. The van der Waals surface area contributed by atoms with E-state index in [0.29, 0.717) is 54.8 Å². The third-order valence-electron chi connectivity index (χ3n) is 16.7. The van der Waals surface area contributed by atoms with E-state index in [0.717, 1.165) is 26.1 Å². The van der Waals surface area contributed by atoms with Gasteiger partial charge in [-0.2, -0.15) is 4.31 Å². The van der Waals surface area contributed by atoms with E-state index in [1.165, 1.54) is 68.1 Å². The van der Waals surface area contributed by atoms with Crippen LogP contribution in [-0.4, -0.2) is 68.8 Å². The normalized spacial score (nSPS) is 40.7. The molecule has 1 aliphatic heterocycles. The summed E-state index contributed by atoms with van der Waals surface area (Å²) >= 11 is 0. The van der Waals surface area contributed by atoms with Crippen molar-refractivity contribution in [2.24, 2.45) is 56.7 Å². The molecular weight excluding hydrogens is 655 g/mol. The van der Waals surface area contributed by atoms with Crippen molar-refractivity contribution in [3.63, 3.8) is 0 Å². The number of hydrogen-bond acceptors (Lipinski definition) is 5. The molecule has 1 saturated heterocycles. The lowest BCUT2D eigenvalue weighted by Crippen LogP contribution is -2.65. The zero-order chi connectivity index (χ0) is 36.6. The Bertz CT molecular complexity index is 1660. The van der Waals surface area contributed by atoms with Crippen molar-refractivity contribution in [2.75, 3.05) is 45.0 Å². The molecule has 1 heterocycles. The number of carboxylic acids is 1. The fourth-order valence-corrected chi connectivity index (χ4v) is 15.5. The Morgan fingerprint density at radius 3 is 2.31 bits per heavy atom. The zero-order valence-electron chi connectivity index (χ0n) is 32.3. The second kappa shape index (κ2) is 13.1. The number of aromatic carboxylic acids is 1. The number of nitrogens with one attached hydrogen (secondary N) is 2. The molecule has 0 radical (unpaired) electrons. The molecular formula is C43H65N3O4S. The molecule has 0 spiro atoms. The second-order valence-corrected chi connectivity index (χ2v) is 21.2. The van der Waals surface area contributed by atoms with Crippen LogP contribution < -0.4 is 10.6 Å². The first-order chi connectivity index (χ1) is 24.0. The molecule has 1 aromatic rings. The van der Waals surface area contributed by atoms with Crippen LogP contribution in [0.25, 0.3) is 5.57 Å². The average Bonchev–Trinajstić information content (AvgIpc) is 3.47. The number of fused-ring (bicyclic) bond motifs is 7. The Hall–Kier alpha value is -2.00. The van der Waals surface area contributed by atoms with E-state index in [-0.39, 0.29) is 32.8 Å². The van der Waals surface area contributed by atoms with Gasteiger partial charge in [0.2, 0.25) is 10.0 Å². The van der Waals surface area contributed by atoms with Crippen molar-refractivity contribution in [2.45, 2.75) is 99.3 Å². The highest BCUT2D eigenvalue weighted by atomic mass is 32.2. The molecule has 6 aliphatic rings. The highest BCUT2D eigenvalue weighted by Gasteiger charge is 2.70. The summed E-state index contributed by atoms with van der Waals surface area (Å²) in [7, 11) is -3.24. The molecule has 0 bridgehead atoms. The lowest BCUT2D eigenvalue weighted by molar-refractivity contribution is -0.225. The fraction of sp³-hybridized carbons (Fsp3) is 0.744. The van der Waals surface area contributed by atoms with Crippen LogP contribution in [0.1, 0.15) is 115 Å². The highest BCUT2D eigenvalue weighted by Crippen LogP contribution is 2.77. The number of nitrogens with zero attached hydrogens (tertiary/aromatic N) is 1. The van der Waals surface area contributed by atoms with Crippen molar-refractivity contribution < 1.29 is 18.3 Å². The lowest BCUT2D eigenvalue weighted by Gasteiger charge is -2.72. The fourth-order valence-electron chi connectivity index (χ4n) is 14.1. The molecule has 7 nitrogen and oxygen atoms in total. The van der Waals surface area contributed by atoms with Crippen LogP contribution in [0, 0.1) is 56.7 Å². The Balaban J connectivity index is 1.13. The molecule has 4 saturated carbocycles. The predicted molar refractivity (Wildman–Crippen MR) is 207 cm³/mol. The first-order valence-electron chi connectivity index (χ1n) is 20.1. The van der Waals surface area contributed by atoms with Gasteiger partial charge in [0.05, 0.1) is 11.3 Å². The van der Waals surface area contributed by atoms with E-state index in [9.17, 15) is 18.3 Å². The van der Waals surface area contributed by atoms with Gasteiger partial charge in [-0.1, -0.05) is 65.0 Å². The van der Waals surface area contributed by atoms with Crippen LogP contribution in [0.4, 0.5) is 0 Å². The third-order valence-corrected chi connectivity index (χ3v) is 18.6. The van der Waals surface area contributed by atoms with E-state index in [4.69, 9.17) is 0 Å². The van der Waals surface area contributed by atoms with Crippen molar-refractivity contribution in [3.8, 4) is 0 Å². The average molecular weight is 720 g/mol. The van der Waals surface area contributed by atoms with E-state index < -0.39 is 16.0 Å². The Morgan fingerprint density at radius 2 is 1.65 bits per heavy atom. The van der Waals surface area contributed by atoms with Crippen molar-refractivity contribution in [1.82, 2.24) is 14.9 Å². The molecule has 7 rings (SSSR count). The number of benzene rings is 1. The SMILES string of the molecule is C=C(C)[C@@H]1CC[C@]2(CNCCS(=O)(=O)N3CCNCC3)CC[C@]3(C)[C@H](CC[C@@H]4[C@@]5(C)CC=C(c6ccc(C(=O)O)cc6)C(C)(C)[C@@H]5CC[C@]43C)[C@@H]12. The molecule has 51 heavy (non-hydrogen) atoms. The summed E-state index contributed by atoms with van der Waals surface area (Å²) in [5, 5.41) is 16.5. The first kappa shape index (κ1) is 37.3. The number of piperazine rings is 1. The summed E-state index contributed by atoms with van der Waals surface area (Å²) in [4.78, 5) is 11.6. The van der Waals surface area contributed by atoms with Crippen LogP contribution in [-0.2, 0) is 10.0 Å². The predicted octanol–water partition coefficient (Wildman–Crippen LogP) is 7.86. The van der Waals surface area contributed by atoms with Gasteiger partial charge in [-0.15, -0.1) is 0 Å². The topological polar surface area (TPSA) is 98.7 Å². The molecule has 8 heteroatoms. The van der Waals surface area contributed by atoms with Crippen molar-refractivity contribution in [3.05, 3.63) is 53.6 Å². The quantitative estimate of drug-likeness (QED) is 0.178. The maximum atomic E-state index is 13.1. The van der Waals surface area contributed by atoms with Crippen LogP contribution in [0.3, 0.4) is 0 Å². The largest absolute Gasteiger partial charge is 0.478 e. The molecule has 1 aromatic carbocycles. The van der Waals surface area contributed by atoms with E-state index in [1.54, 1.807) is 16.4 Å². The van der Waals surface area contributed by atoms with Crippen LogP contribution in [0.15, 0.2) is 42.5 Å². The number of sulfonamides is 1. The number of carboxylic acid groups (broad SMARTS) is 1. The number of carbonyl (C=O) groups is 1. The van der Waals surface area contributed by atoms with Crippen LogP contribution in [0.2, 0.25) is 0 Å². The van der Waals surface area contributed by atoms with E-state index in [1.807, 2.05) is 12.1 Å². The Morgan fingerprint density at radius 1 is 0.941 bits per heavy atom. The summed E-state index contributed by atoms with van der Waals surface area (Å²) in [6, 6.07) is 7.57. The number of allylic oxidation sites excluding steroid dienone is 3. The van der Waals surface area contributed by atoms with Gasteiger partial charge in [0.1, 0.15) is 0 Å². The van der Waals surface area contributed by atoms with Crippen molar-refractivity contribution >= 4 is 21.6 Å². The molecule has 0 aromatic heterocycles. The lowest BCUT2D eigenvalue weighted by atomic mass is 9.32. The van der Waals surface area contributed by atoms with Crippen LogP contribution >= 0.6 is 0 Å². The van der Waals surface area contributed by atoms with Gasteiger partial charge in [-0.05, 0) is 145 Å². The van der Waals surface area contributed by atoms with E-state index in [2.05, 4.69) is 64.8 Å². The van der Waals surface area contributed by atoms with Crippen molar-refractivity contribution in [1.29, 1.82) is 0 Å². The van der Waals surface area contributed by atoms with Gasteiger partial charge >= 0.3 is 5.97 Å². The molecule has 0 amide bonds. The highest BCUT2D eigenvalue weighted by molar-refractivity contribution is 7.89. The maximum Gasteiger partial charge on any atom is 0.335 e. The van der Waals surface area contributed by atoms with Crippen LogP contribution in [0.5, 0.6) is 0 Å². The molecule has 9 atom stereocenters. The third kappa shape index (κ3) is 5.83. The van der Waals surface area contributed by atoms with E-state index >= 15 is 0 Å². The molecule has 5 fully saturated rings. The minimum absolute atomic E-state index is 0.000913. The smallest absolute Gasteiger partial charge is 0.335 e. The van der Waals surface area contributed by atoms with Gasteiger partial charge in [-0.25, -0.2) is 13.2 Å². The summed E-state index contributed by atoms with van der Waals surface area (Å²) in [5.74, 6) is 2.32. The minimum atomic E-state index is -3.24. The zero-order valence-corrected chi connectivity index (χ0v) is 33.1. The monoisotopic (exact) mass is 719 g/mol. The summed E-state index contributed by atoms with van der Waals surface area (Å²) in [6.07, 6.45) is 13.6. The molecule has 282 valence electrons. The van der Waals surface area contributed by atoms with Gasteiger partial charge in [0.25, 0.3) is 0 Å². The number of rotatable bonds is 9. The maximum absolute atomic E-state index is 13.1. The summed E-state index contributed by atoms with van der Waals surface area (Å²) in [5.41, 5.74) is 5.17. The standard InChI is InChI=1S/C43H65N3O4S/c1-29(2)32-14-19-43(28-45-24-27-51(49,50)46-25-22-44-23-26-46)21-20-41(6)34(37(32)43)12-13-36-40(5)17-15-33(30-8-10-31(11-9-30)38(47)48)39(3,4)35(40)16-18-42(36,41)7/h8-11,15,32,34-37,44-45H,1,12-14,16-28H2,2-7H3,(H,47,48)/t32-,34+,35-,36+,37+,40-,41+,42+,43+/m0/s1. The first-order valence-corrected chi connectivity index (χ1v) is 21.7. The molecule has 5 aliphatic carbocycles. The second-order valence-electron chi connectivity index (χ2n) is 19.1. The number of hydrogen-bond donors (Lipinski definition) is 3. The van der Waals surface area contributed by atoms with Gasteiger partial charge in [0.15, 0.2) is 0 Å². The minimum Gasteiger partial charge on any atom is -0.478 e.